The summed E-state index contributed by atoms with van der Waals surface area (Å²) in [5.74, 6) is 1.49. The van der Waals surface area contributed by atoms with Gasteiger partial charge in [-0.05, 0) is 48.1 Å². The standard InChI is InChI=1S/C19H25NO/c1-14(2)12-15-6-5-7-17(13-15)19(3,20)16-8-10-18(21-4)11-9-16/h5-11,13-14H,12,20H2,1-4H3. The lowest BCUT2D eigenvalue weighted by atomic mass is 9.84. The van der Waals surface area contributed by atoms with Gasteiger partial charge in [-0.15, -0.1) is 0 Å². The Morgan fingerprint density at radius 3 is 2.29 bits per heavy atom. The number of hydrogen-bond donors (Lipinski definition) is 1. The van der Waals surface area contributed by atoms with Gasteiger partial charge in [-0.25, -0.2) is 0 Å². The third kappa shape index (κ3) is 3.64. The van der Waals surface area contributed by atoms with Crippen LogP contribution in [0.4, 0.5) is 0 Å². The summed E-state index contributed by atoms with van der Waals surface area (Å²) in [6.45, 7) is 6.53. The lowest BCUT2D eigenvalue weighted by Crippen LogP contribution is -2.34. The van der Waals surface area contributed by atoms with E-state index < -0.39 is 5.54 Å². The van der Waals surface area contributed by atoms with Gasteiger partial charge in [-0.1, -0.05) is 50.2 Å². The molecular weight excluding hydrogens is 258 g/mol. The van der Waals surface area contributed by atoms with Crippen LogP contribution in [-0.4, -0.2) is 7.11 Å². The third-order valence-electron chi connectivity index (χ3n) is 3.86. The zero-order valence-corrected chi connectivity index (χ0v) is 13.4. The molecule has 21 heavy (non-hydrogen) atoms. The Kier molecular flexibility index (Phi) is 4.69. The predicted octanol–water partition coefficient (Wildman–Crippen LogP) is 4.12. The van der Waals surface area contributed by atoms with Crippen LogP contribution in [0.15, 0.2) is 48.5 Å². The number of methoxy groups -OCH3 is 1. The molecule has 0 spiro atoms. The van der Waals surface area contributed by atoms with Gasteiger partial charge in [0.2, 0.25) is 0 Å². The zero-order chi connectivity index (χ0) is 15.5. The maximum absolute atomic E-state index is 6.61. The van der Waals surface area contributed by atoms with Crippen LogP contribution in [0.25, 0.3) is 0 Å². The van der Waals surface area contributed by atoms with E-state index >= 15 is 0 Å². The summed E-state index contributed by atoms with van der Waals surface area (Å²) >= 11 is 0. The smallest absolute Gasteiger partial charge is 0.118 e. The molecule has 112 valence electrons. The fraction of sp³-hybridized carbons (Fsp3) is 0.368. The number of hydrogen-bond acceptors (Lipinski definition) is 2. The molecule has 0 radical (unpaired) electrons. The first-order valence-corrected chi connectivity index (χ1v) is 7.46. The van der Waals surface area contributed by atoms with Gasteiger partial charge < -0.3 is 10.5 Å². The van der Waals surface area contributed by atoms with Gasteiger partial charge in [0.25, 0.3) is 0 Å². The Bertz CT molecular complexity index is 585. The molecule has 2 aromatic rings. The number of ether oxygens (including phenoxy) is 1. The van der Waals surface area contributed by atoms with Gasteiger partial charge in [0.15, 0.2) is 0 Å². The van der Waals surface area contributed by atoms with Crippen molar-refractivity contribution in [1.29, 1.82) is 0 Å². The summed E-state index contributed by atoms with van der Waals surface area (Å²) in [4.78, 5) is 0. The monoisotopic (exact) mass is 283 g/mol. The molecule has 2 nitrogen and oxygen atoms in total. The van der Waals surface area contributed by atoms with E-state index in [0.717, 1.165) is 23.3 Å². The van der Waals surface area contributed by atoms with E-state index in [-0.39, 0.29) is 0 Å². The first-order chi connectivity index (χ1) is 9.93. The molecule has 2 heteroatoms. The highest BCUT2D eigenvalue weighted by Gasteiger charge is 2.24. The molecule has 2 rings (SSSR count). The molecule has 0 aromatic heterocycles. The maximum Gasteiger partial charge on any atom is 0.118 e. The molecule has 0 bridgehead atoms. The average molecular weight is 283 g/mol. The van der Waals surface area contributed by atoms with E-state index in [1.54, 1.807) is 7.11 Å². The van der Waals surface area contributed by atoms with E-state index in [9.17, 15) is 0 Å². The molecule has 2 aromatic carbocycles. The summed E-state index contributed by atoms with van der Waals surface area (Å²) in [5.41, 5.74) is 9.68. The quantitative estimate of drug-likeness (QED) is 0.896. The third-order valence-corrected chi connectivity index (χ3v) is 3.86. The van der Waals surface area contributed by atoms with Crippen molar-refractivity contribution in [2.24, 2.45) is 11.7 Å². The molecule has 0 amide bonds. The SMILES string of the molecule is COc1ccc(C(C)(N)c2cccc(CC(C)C)c2)cc1. The Balaban J connectivity index is 2.33. The Morgan fingerprint density at radius 1 is 1.05 bits per heavy atom. The van der Waals surface area contributed by atoms with Crippen molar-refractivity contribution in [1.82, 2.24) is 0 Å². The summed E-state index contributed by atoms with van der Waals surface area (Å²) in [6, 6.07) is 16.6. The largest absolute Gasteiger partial charge is 0.497 e. The van der Waals surface area contributed by atoms with Gasteiger partial charge >= 0.3 is 0 Å². The number of nitrogens with two attached hydrogens (primary N) is 1. The van der Waals surface area contributed by atoms with Gasteiger partial charge in [0.05, 0.1) is 12.6 Å². The second kappa shape index (κ2) is 6.31. The van der Waals surface area contributed by atoms with Crippen molar-refractivity contribution in [3.05, 3.63) is 65.2 Å². The lowest BCUT2D eigenvalue weighted by Gasteiger charge is -2.27. The van der Waals surface area contributed by atoms with Gasteiger partial charge in [-0.3, -0.25) is 0 Å². The molecule has 0 aliphatic heterocycles. The maximum atomic E-state index is 6.61. The van der Waals surface area contributed by atoms with Crippen molar-refractivity contribution in [3.63, 3.8) is 0 Å². The van der Waals surface area contributed by atoms with Crippen LogP contribution < -0.4 is 10.5 Å². The van der Waals surface area contributed by atoms with Crippen molar-refractivity contribution in [3.8, 4) is 5.75 Å². The van der Waals surface area contributed by atoms with Crippen LogP contribution in [0.3, 0.4) is 0 Å². The van der Waals surface area contributed by atoms with Gasteiger partial charge in [-0.2, -0.15) is 0 Å². The minimum atomic E-state index is -0.501. The first-order valence-electron chi connectivity index (χ1n) is 7.46. The molecule has 0 saturated heterocycles. The Morgan fingerprint density at radius 2 is 1.71 bits per heavy atom. The minimum Gasteiger partial charge on any atom is -0.497 e. The van der Waals surface area contributed by atoms with Crippen LogP contribution in [0.5, 0.6) is 5.75 Å². The highest BCUT2D eigenvalue weighted by atomic mass is 16.5. The Hall–Kier alpha value is -1.80. The second-order valence-electron chi connectivity index (χ2n) is 6.23. The Labute approximate surface area is 127 Å². The van der Waals surface area contributed by atoms with Crippen LogP contribution >= 0.6 is 0 Å². The predicted molar refractivity (Wildman–Crippen MR) is 88.6 cm³/mol. The van der Waals surface area contributed by atoms with Gasteiger partial charge in [0.1, 0.15) is 5.75 Å². The van der Waals surface area contributed by atoms with E-state index in [1.165, 1.54) is 5.56 Å². The molecule has 0 heterocycles. The number of benzene rings is 2. The van der Waals surface area contributed by atoms with Crippen LogP contribution in [-0.2, 0) is 12.0 Å². The van der Waals surface area contributed by atoms with E-state index in [1.807, 2.05) is 24.3 Å². The molecule has 0 aliphatic carbocycles. The molecule has 0 fully saturated rings. The summed E-state index contributed by atoms with van der Waals surface area (Å²) in [5, 5.41) is 0. The lowest BCUT2D eigenvalue weighted by molar-refractivity contribution is 0.414. The van der Waals surface area contributed by atoms with E-state index in [4.69, 9.17) is 10.5 Å². The fourth-order valence-corrected chi connectivity index (χ4v) is 2.60. The number of rotatable bonds is 5. The minimum absolute atomic E-state index is 0.501. The summed E-state index contributed by atoms with van der Waals surface area (Å²) in [7, 11) is 1.67. The van der Waals surface area contributed by atoms with E-state index in [0.29, 0.717) is 5.92 Å². The van der Waals surface area contributed by atoms with Crippen molar-refractivity contribution < 1.29 is 4.74 Å². The molecule has 1 unspecified atom stereocenters. The van der Waals surface area contributed by atoms with Crippen LogP contribution in [0.1, 0.15) is 37.5 Å². The molecule has 2 N–H and O–H groups in total. The normalized spacial score (nSPS) is 14.0. The molecule has 1 atom stereocenters. The summed E-state index contributed by atoms with van der Waals surface area (Å²) in [6.07, 6.45) is 1.08. The highest BCUT2D eigenvalue weighted by Crippen LogP contribution is 2.28. The van der Waals surface area contributed by atoms with Crippen LogP contribution in [0, 0.1) is 5.92 Å². The van der Waals surface area contributed by atoms with Crippen molar-refractivity contribution >= 4 is 0 Å². The average Bonchev–Trinajstić information content (AvgIpc) is 2.47. The zero-order valence-electron chi connectivity index (χ0n) is 13.4. The van der Waals surface area contributed by atoms with E-state index in [2.05, 4.69) is 45.0 Å². The first kappa shape index (κ1) is 15.6. The molecule has 0 aliphatic rings. The van der Waals surface area contributed by atoms with Crippen LogP contribution in [0.2, 0.25) is 0 Å². The summed E-state index contributed by atoms with van der Waals surface area (Å²) < 4.78 is 5.21. The molecular formula is C19H25NO. The molecule has 0 saturated carbocycles. The fourth-order valence-electron chi connectivity index (χ4n) is 2.60. The second-order valence-corrected chi connectivity index (χ2v) is 6.23. The topological polar surface area (TPSA) is 35.2 Å². The van der Waals surface area contributed by atoms with Gasteiger partial charge in [0, 0.05) is 0 Å². The van der Waals surface area contributed by atoms with Crippen molar-refractivity contribution in [2.75, 3.05) is 7.11 Å². The highest BCUT2D eigenvalue weighted by molar-refractivity contribution is 5.41. The van der Waals surface area contributed by atoms with Crippen molar-refractivity contribution in [2.45, 2.75) is 32.7 Å².